The Morgan fingerprint density at radius 1 is 0.826 bits per heavy atom. The predicted octanol–water partition coefficient (Wildman–Crippen LogP) is -2.46. The van der Waals surface area contributed by atoms with Crippen molar-refractivity contribution >= 4 is 0 Å². The van der Waals surface area contributed by atoms with Gasteiger partial charge in [-0.1, -0.05) is 0 Å². The molecule has 2 aliphatic heterocycles. The normalized spacial score (nSPS) is 51.1. The van der Waals surface area contributed by atoms with Crippen LogP contribution in [0.15, 0.2) is 0 Å². The SMILES string of the molecule is O[C@@H]1[C@@H](O)[C@@H](O[C@]2(CF)O[C@H](CF)[C@@H](O)[C@@H]2O)O[C@H](CF)[C@H]1O. The van der Waals surface area contributed by atoms with Gasteiger partial charge in [0.2, 0.25) is 5.79 Å². The molecule has 11 heteroatoms. The maximum absolute atomic E-state index is 13.4. The monoisotopic (exact) mass is 348 g/mol. The largest absolute Gasteiger partial charge is 0.387 e. The molecule has 0 aromatic carbocycles. The third-order valence-electron chi connectivity index (χ3n) is 3.98. The number of ether oxygens (including phenoxy) is 3. The average molecular weight is 348 g/mol. The summed E-state index contributed by atoms with van der Waals surface area (Å²) in [5, 5.41) is 48.4. The van der Waals surface area contributed by atoms with Crippen molar-refractivity contribution in [3.63, 3.8) is 0 Å². The average Bonchev–Trinajstić information content (AvgIpc) is 2.80. The van der Waals surface area contributed by atoms with E-state index in [2.05, 4.69) is 0 Å². The molecule has 0 bridgehead atoms. The van der Waals surface area contributed by atoms with Gasteiger partial charge in [-0.05, 0) is 0 Å². The number of halogens is 3. The molecule has 2 aliphatic rings. The first-order chi connectivity index (χ1) is 10.8. The Balaban J connectivity index is 2.18. The van der Waals surface area contributed by atoms with Gasteiger partial charge in [0.1, 0.15) is 62.8 Å². The topological polar surface area (TPSA) is 129 Å². The number of hydrogen-bond donors (Lipinski definition) is 5. The molecule has 0 aromatic rings. The van der Waals surface area contributed by atoms with E-state index in [1.807, 2.05) is 0 Å². The second kappa shape index (κ2) is 7.15. The molecule has 0 aromatic heterocycles. The molecule has 0 spiro atoms. The minimum atomic E-state index is -2.56. The Morgan fingerprint density at radius 3 is 1.91 bits per heavy atom. The minimum absolute atomic E-state index is 1.24. The van der Waals surface area contributed by atoms with Gasteiger partial charge in [0.15, 0.2) is 6.29 Å². The molecule has 2 saturated heterocycles. The quantitative estimate of drug-likeness (QED) is 0.370. The van der Waals surface area contributed by atoms with Gasteiger partial charge in [-0.2, -0.15) is 0 Å². The Kier molecular flexibility index (Phi) is 5.85. The highest BCUT2D eigenvalue weighted by Crippen LogP contribution is 2.36. The molecule has 2 fully saturated rings. The fourth-order valence-electron chi connectivity index (χ4n) is 2.56. The van der Waals surface area contributed by atoms with Crippen LogP contribution in [-0.2, 0) is 14.2 Å². The molecule has 23 heavy (non-hydrogen) atoms. The molecular weight excluding hydrogens is 329 g/mol. The molecular formula is C12H19F3O8. The standard InChI is InChI=1S/C12H19F3O8/c13-1-4-6(16)8(18)9(19)11(21-4)23-12(3-15)10(20)7(17)5(2-14)22-12/h4-11,16-20H,1-3H2/t4-,5-,6-,7-,8+,9-,10+,11-,12+/m1/s1. The lowest BCUT2D eigenvalue weighted by molar-refractivity contribution is -0.378. The highest BCUT2D eigenvalue weighted by molar-refractivity contribution is 4.98. The maximum atomic E-state index is 13.4. The van der Waals surface area contributed by atoms with Crippen LogP contribution in [0, 0.1) is 0 Å². The van der Waals surface area contributed by atoms with E-state index in [4.69, 9.17) is 14.2 Å². The lowest BCUT2D eigenvalue weighted by atomic mass is 9.99. The molecule has 9 atom stereocenters. The van der Waals surface area contributed by atoms with E-state index >= 15 is 0 Å². The summed E-state index contributed by atoms with van der Waals surface area (Å²) in [7, 11) is 0. The number of aliphatic hydroxyl groups excluding tert-OH is 5. The van der Waals surface area contributed by atoms with Gasteiger partial charge in [-0.15, -0.1) is 0 Å². The molecule has 0 aliphatic carbocycles. The summed E-state index contributed by atoms with van der Waals surface area (Å²) in [6.45, 7) is -4.04. The van der Waals surface area contributed by atoms with Crippen LogP contribution in [0.5, 0.6) is 0 Å². The highest BCUT2D eigenvalue weighted by atomic mass is 19.1. The van der Waals surface area contributed by atoms with Crippen molar-refractivity contribution in [1.29, 1.82) is 0 Å². The van der Waals surface area contributed by atoms with E-state index in [-0.39, 0.29) is 0 Å². The molecule has 0 amide bonds. The Hall–Kier alpha value is -0.530. The van der Waals surface area contributed by atoms with Gasteiger partial charge in [-0.25, -0.2) is 13.2 Å². The lowest BCUT2D eigenvalue weighted by Crippen LogP contribution is -2.62. The summed E-state index contributed by atoms with van der Waals surface area (Å²) in [5.74, 6) is -2.56. The first-order valence-electron chi connectivity index (χ1n) is 6.90. The summed E-state index contributed by atoms with van der Waals surface area (Å²) in [4.78, 5) is 0. The van der Waals surface area contributed by atoms with E-state index in [1.54, 1.807) is 0 Å². The molecule has 0 saturated carbocycles. The maximum Gasteiger partial charge on any atom is 0.229 e. The van der Waals surface area contributed by atoms with Crippen molar-refractivity contribution in [2.45, 2.75) is 54.8 Å². The van der Waals surface area contributed by atoms with Gasteiger partial charge in [0, 0.05) is 0 Å². The highest BCUT2D eigenvalue weighted by Gasteiger charge is 2.59. The smallest absolute Gasteiger partial charge is 0.229 e. The fourth-order valence-corrected chi connectivity index (χ4v) is 2.56. The van der Waals surface area contributed by atoms with Gasteiger partial charge in [-0.3, -0.25) is 0 Å². The third-order valence-corrected chi connectivity index (χ3v) is 3.98. The van der Waals surface area contributed by atoms with Crippen LogP contribution >= 0.6 is 0 Å². The number of aliphatic hydroxyl groups is 5. The molecule has 136 valence electrons. The summed E-state index contributed by atoms with van der Waals surface area (Å²) in [6.07, 6.45) is -14.4. The molecule has 2 rings (SSSR count). The van der Waals surface area contributed by atoms with Crippen LogP contribution in [0.25, 0.3) is 0 Å². The van der Waals surface area contributed by atoms with Crippen LogP contribution in [0.1, 0.15) is 0 Å². The number of alkyl halides is 3. The van der Waals surface area contributed by atoms with Crippen LogP contribution in [-0.4, -0.2) is 100 Å². The van der Waals surface area contributed by atoms with Crippen molar-refractivity contribution < 1.29 is 52.9 Å². The van der Waals surface area contributed by atoms with Crippen molar-refractivity contribution in [1.82, 2.24) is 0 Å². The fraction of sp³-hybridized carbons (Fsp3) is 1.00. The molecule has 2 heterocycles. The van der Waals surface area contributed by atoms with Gasteiger partial charge in [0.25, 0.3) is 0 Å². The van der Waals surface area contributed by atoms with Crippen molar-refractivity contribution in [2.75, 3.05) is 20.0 Å². The molecule has 0 radical (unpaired) electrons. The summed E-state index contributed by atoms with van der Waals surface area (Å²) >= 11 is 0. The zero-order valence-corrected chi connectivity index (χ0v) is 11.8. The Bertz CT molecular complexity index is 403. The molecule has 5 N–H and O–H groups in total. The van der Waals surface area contributed by atoms with E-state index in [0.29, 0.717) is 0 Å². The van der Waals surface area contributed by atoms with Gasteiger partial charge >= 0.3 is 0 Å². The number of rotatable bonds is 5. The second-order valence-corrected chi connectivity index (χ2v) is 5.48. The zero-order valence-electron chi connectivity index (χ0n) is 11.8. The molecule has 8 nitrogen and oxygen atoms in total. The first-order valence-corrected chi connectivity index (χ1v) is 6.90. The second-order valence-electron chi connectivity index (χ2n) is 5.48. The minimum Gasteiger partial charge on any atom is -0.387 e. The third kappa shape index (κ3) is 3.20. The lowest BCUT2D eigenvalue weighted by Gasteiger charge is -2.42. The van der Waals surface area contributed by atoms with Gasteiger partial charge < -0.3 is 39.7 Å². The Morgan fingerprint density at radius 2 is 1.43 bits per heavy atom. The number of hydrogen-bond acceptors (Lipinski definition) is 8. The first kappa shape index (κ1) is 18.8. The van der Waals surface area contributed by atoms with E-state index < -0.39 is 74.8 Å². The van der Waals surface area contributed by atoms with E-state index in [0.717, 1.165) is 0 Å². The van der Waals surface area contributed by atoms with Crippen molar-refractivity contribution in [2.24, 2.45) is 0 Å². The molecule has 0 unspecified atom stereocenters. The summed E-state index contributed by atoms with van der Waals surface area (Å²) in [6, 6.07) is 0. The zero-order chi connectivity index (χ0) is 17.4. The predicted molar refractivity (Wildman–Crippen MR) is 65.3 cm³/mol. The Labute approximate surface area is 129 Å². The van der Waals surface area contributed by atoms with Crippen LogP contribution in [0.4, 0.5) is 13.2 Å². The summed E-state index contributed by atoms with van der Waals surface area (Å²) in [5.41, 5.74) is 0. The van der Waals surface area contributed by atoms with E-state index in [9.17, 15) is 38.7 Å². The van der Waals surface area contributed by atoms with Crippen LogP contribution < -0.4 is 0 Å². The van der Waals surface area contributed by atoms with Crippen LogP contribution in [0.2, 0.25) is 0 Å². The van der Waals surface area contributed by atoms with Gasteiger partial charge in [0.05, 0.1) is 0 Å². The summed E-state index contributed by atoms with van der Waals surface area (Å²) < 4.78 is 53.6. The van der Waals surface area contributed by atoms with Crippen molar-refractivity contribution in [3.05, 3.63) is 0 Å². The van der Waals surface area contributed by atoms with Crippen LogP contribution in [0.3, 0.4) is 0 Å². The van der Waals surface area contributed by atoms with E-state index in [1.165, 1.54) is 0 Å². The van der Waals surface area contributed by atoms with Crippen molar-refractivity contribution in [3.8, 4) is 0 Å².